The third kappa shape index (κ3) is 5.59. The Kier molecular flexibility index (Phi) is 6.57. The van der Waals surface area contributed by atoms with E-state index in [0.29, 0.717) is 11.6 Å². The SMILES string of the molecule is O=C(NCCCN1CCOCC1)C(=O)Nc1ccc(Cl)cn1. The molecule has 7 nitrogen and oxygen atoms in total. The van der Waals surface area contributed by atoms with Crippen LogP contribution in [0.5, 0.6) is 0 Å². The zero-order valence-electron chi connectivity index (χ0n) is 12.2. The number of nitrogens with one attached hydrogen (secondary N) is 2. The van der Waals surface area contributed by atoms with E-state index in [1.807, 2.05) is 0 Å². The van der Waals surface area contributed by atoms with Crippen LogP contribution in [0, 0.1) is 0 Å². The molecule has 1 fully saturated rings. The van der Waals surface area contributed by atoms with Crippen molar-refractivity contribution in [1.82, 2.24) is 15.2 Å². The summed E-state index contributed by atoms with van der Waals surface area (Å²) in [5.41, 5.74) is 0. The first-order valence-electron chi connectivity index (χ1n) is 7.16. The molecular weight excluding hydrogens is 308 g/mol. The molecule has 1 aromatic rings. The standard InChI is InChI=1S/C14H19ClN4O3/c15-11-2-3-12(17-10-11)18-14(21)13(20)16-4-1-5-19-6-8-22-9-7-19/h2-3,10H,1,4-9H2,(H,16,20)(H,17,18,21). The van der Waals surface area contributed by atoms with Crippen LogP contribution in [0.2, 0.25) is 5.02 Å². The van der Waals surface area contributed by atoms with E-state index in [1.165, 1.54) is 12.3 Å². The maximum absolute atomic E-state index is 11.7. The highest BCUT2D eigenvalue weighted by molar-refractivity contribution is 6.39. The van der Waals surface area contributed by atoms with Crippen LogP contribution in [0.15, 0.2) is 18.3 Å². The van der Waals surface area contributed by atoms with E-state index >= 15 is 0 Å². The van der Waals surface area contributed by atoms with E-state index in [0.717, 1.165) is 39.3 Å². The minimum Gasteiger partial charge on any atom is -0.379 e. The zero-order chi connectivity index (χ0) is 15.8. The third-order valence-electron chi connectivity index (χ3n) is 3.22. The maximum atomic E-state index is 11.7. The van der Waals surface area contributed by atoms with Gasteiger partial charge < -0.3 is 15.4 Å². The molecule has 1 aliphatic heterocycles. The molecule has 0 aromatic carbocycles. The lowest BCUT2D eigenvalue weighted by molar-refractivity contribution is -0.136. The fourth-order valence-electron chi connectivity index (χ4n) is 2.03. The van der Waals surface area contributed by atoms with Gasteiger partial charge in [0.2, 0.25) is 0 Å². The molecule has 1 saturated heterocycles. The largest absolute Gasteiger partial charge is 0.379 e. The number of rotatable bonds is 5. The molecule has 0 atom stereocenters. The molecule has 0 radical (unpaired) electrons. The van der Waals surface area contributed by atoms with Crippen LogP contribution in [-0.4, -0.2) is 61.1 Å². The highest BCUT2D eigenvalue weighted by Crippen LogP contribution is 2.09. The molecule has 8 heteroatoms. The van der Waals surface area contributed by atoms with Crippen LogP contribution in [-0.2, 0) is 14.3 Å². The van der Waals surface area contributed by atoms with Crippen molar-refractivity contribution < 1.29 is 14.3 Å². The number of carbonyl (C=O) groups is 2. The molecule has 22 heavy (non-hydrogen) atoms. The first-order valence-corrected chi connectivity index (χ1v) is 7.54. The van der Waals surface area contributed by atoms with Gasteiger partial charge in [-0.25, -0.2) is 4.98 Å². The van der Waals surface area contributed by atoms with Gasteiger partial charge >= 0.3 is 11.8 Å². The first kappa shape index (κ1) is 16.7. The van der Waals surface area contributed by atoms with Crippen molar-refractivity contribution in [2.45, 2.75) is 6.42 Å². The van der Waals surface area contributed by atoms with Crippen molar-refractivity contribution in [3.63, 3.8) is 0 Å². The molecule has 2 amide bonds. The van der Waals surface area contributed by atoms with E-state index < -0.39 is 11.8 Å². The summed E-state index contributed by atoms with van der Waals surface area (Å²) >= 11 is 5.69. The number of anilines is 1. The zero-order valence-corrected chi connectivity index (χ0v) is 12.9. The lowest BCUT2D eigenvalue weighted by Crippen LogP contribution is -2.39. The average Bonchev–Trinajstić information content (AvgIpc) is 2.54. The van der Waals surface area contributed by atoms with Crippen molar-refractivity contribution in [3.8, 4) is 0 Å². The van der Waals surface area contributed by atoms with Gasteiger partial charge in [-0.15, -0.1) is 0 Å². The molecule has 0 bridgehead atoms. The number of amides is 2. The van der Waals surface area contributed by atoms with Crippen LogP contribution in [0.25, 0.3) is 0 Å². The fraction of sp³-hybridized carbons (Fsp3) is 0.500. The number of halogens is 1. The van der Waals surface area contributed by atoms with Gasteiger partial charge in [0.25, 0.3) is 0 Å². The van der Waals surface area contributed by atoms with Gasteiger partial charge in [0.1, 0.15) is 5.82 Å². The van der Waals surface area contributed by atoms with Gasteiger partial charge in [0.15, 0.2) is 0 Å². The third-order valence-corrected chi connectivity index (χ3v) is 3.44. The van der Waals surface area contributed by atoms with Crippen molar-refractivity contribution >= 4 is 29.2 Å². The smallest absolute Gasteiger partial charge is 0.314 e. The van der Waals surface area contributed by atoms with Crippen molar-refractivity contribution in [2.75, 3.05) is 44.7 Å². The van der Waals surface area contributed by atoms with Crippen LogP contribution in [0.3, 0.4) is 0 Å². The molecule has 0 unspecified atom stereocenters. The summed E-state index contributed by atoms with van der Waals surface area (Å²) in [5.74, 6) is -1.11. The molecule has 0 spiro atoms. The molecule has 0 aliphatic carbocycles. The number of aromatic nitrogens is 1. The second-order valence-electron chi connectivity index (χ2n) is 4.88. The normalized spacial score (nSPS) is 15.3. The molecular formula is C14H19ClN4O3. The Morgan fingerprint density at radius 1 is 1.27 bits per heavy atom. The Bertz CT molecular complexity index is 503. The predicted molar refractivity (Wildman–Crippen MR) is 82.8 cm³/mol. The number of carbonyl (C=O) groups excluding carboxylic acids is 2. The Hall–Kier alpha value is -1.70. The minimum atomic E-state index is -0.735. The number of nitrogens with zero attached hydrogens (tertiary/aromatic N) is 2. The van der Waals surface area contributed by atoms with Crippen molar-refractivity contribution in [2.24, 2.45) is 0 Å². The van der Waals surface area contributed by atoms with Gasteiger partial charge in [0.05, 0.1) is 18.2 Å². The summed E-state index contributed by atoms with van der Waals surface area (Å²) in [6.07, 6.45) is 2.19. The molecule has 2 rings (SSSR count). The topological polar surface area (TPSA) is 83.6 Å². The Labute approximate surface area is 134 Å². The second kappa shape index (κ2) is 8.67. The molecule has 1 aliphatic rings. The summed E-state index contributed by atoms with van der Waals surface area (Å²) < 4.78 is 5.26. The van der Waals surface area contributed by atoms with Gasteiger partial charge in [-0.1, -0.05) is 11.6 Å². The van der Waals surface area contributed by atoms with Gasteiger partial charge in [0, 0.05) is 25.8 Å². The van der Waals surface area contributed by atoms with Gasteiger partial charge in [-0.2, -0.15) is 0 Å². The van der Waals surface area contributed by atoms with Crippen LogP contribution in [0.1, 0.15) is 6.42 Å². The lowest BCUT2D eigenvalue weighted by Gasteiger charge is -2.26. The lowest BCUT2D eigenvalue weighted by atomic mass is 10.3. The van der Waals surface area contributed by atoms with Crippen molar-refractivity contribution in [3.05, 3.63) is 23.4 Å². The van der Waals surface area contributed by atoms with E-state index in [9.17, 15) is 9.59 Å². The molecule has 2 N–H and O–H groups in total. The maximum Gasteiger partial charge on any atom is 0.314 e. The molecule has 2 heterocycles. The highest BCUT2D eigenvalue weighted by Gasteiger charge is 2.14. The van der Waals surface area contributed by atoms with Crippen molar-refractivity contribution in [1.29, 1.82) is 0 Å². The Morgan fingerprint density at radius 2 is 2.05 bits per heavy atom. The number of ether oxygens (including phenoxy) is 1. The quantitative estimate of drug-likeness (QED) is 0.608. The molecule has 0 saturated carbocycles. The number of pyridine rings is 1. The number of hydrogen-bond acceptors (Lipinski definition) is 5. The predicted octanol–water partition coefficient (Wildman–Crippen LogP) is 0.512. The summed E-state index contributed by atoms with van der Waals surface area (Å²) in [6.45, 7) is 4.67. The summed E-state index contributed by atoms with van der Waals surface area (Å²) in [7, 11) is 0. The number of hydrogen-bond donors (Lipinski definition) is 2. The second-order valence-corrected chi connectivity index (χ2v) is 5.32. The van der Waals surface area contributed by atoms with Gasteiger partial charge in [-0.05, 0) is 25.1 Å². The minimum absolute atomic E-state index is 0.290. The van der Waals surface area contributed by atoms with E-state index in [2.05, 4.69) is 20.5 Å². The Balaban J connectivity index is 1.63. The Morgan fingerprint density at radius 3 is 2.73 bits per heavy atom. The van der Waals surface area contributed by atoms with E-state index in [4.69, 9.17) is 16.3 Å². The molecule has 120 valence electrons. The van der Waals surface area contributed by atoms with E-state index in [-0.39, 0.29) is 5.82 Å². The fourth-order valence-corrected chi connectivity index (χ4v) is 2.14. The summed E-state index contributed by atoms with van der Waals surface area (Å²) in [6, 6.07) is 3.12. The first-order chi connectivity index (χ1) is 10.6. The molecule has 1 aromatic heterocycles. The van der Waals surface area contributed by atoms with Crippen LogP contribution < -0.4 is 10.6 Å². The highest BCUT2D eigenvalue weighted by atomic mass is 35.5. The summed E-state index contributed by atoms with van der Waals surface area (Å²) in [5, 5.41) is 5.47. The average molecular weight is 327 g/mol. The van der Waals surface area contributed by atoms with E-state index in [1.54, 1.807) is 6.07 Å². The monoisotopic (exact) mass is 326 g/mol. The summed E-state index contributed by atoms with van der Waals surface area (Å²) in [4.78, 5) is 29.5. The number of morpholine rings is 1. The van der Waals surface area contributed by atoms with Gasteiger partial charge in [-0.3, -0.25) is 14.5 Å². The van der Waals surface area contributed by atoms with Crippen LogP contribution in [0.4, 0.5) is 5.82 Å². The van der Waals surface area contributed by atoms with Crippen LogP contribution >= 0.6 is 11.6 Å².